The zero-order valence-electron chi connectivity index (χ0n) is 10.9. The van der Waals surface area contributed by atoms with Gasteiger partial charge in [0.05, 0.1) is 0 Å². The monoisotopic (exact) mass is 309 g/mol. The first-order valence-electron chi connectivity index (χ1n) is 6.73. The summed E-state index contributed by atoms with van der Waals surface area (Å²) < 4.78 is 7.34. The molecule has 3 rings (SSSR count). The second-order valence-electron chi connectivity index (χ2n) is 6.19. The molecular formula is C15H20BrNO. The standard InChI is InChI=1S/C15H20BrNO/c1-9(2)10-6-15(7-10)8-13(17)12-4-3-11(16)5-14(12)18-15/h3-5,9-10,13H,6-8,17H2,1-2H3/t10?,13-,15?/m1/s1. The Kier molecular flexibility index (Phi) is 2.94. The van der Waals surface area contributed by atoms with Crippen LogP contribution in [0.4, 0.5) is 0 Å². The summed E-state index contributed by atoms with van der Waals surface area (Å²) in [6.45, 7) is 4.59. The first kappa shape index (κ1) is 12.5. The van der Waals surface area contributed by atoms with Crippen molar-refractivity contribution in [2.45, 2.75) is 44.8 Å². The van der Waals surface area contributed by atoms with Gasteiger partial charge in [-0.15, -0.1) is 0 Å². The molecule has 1 spiro atoms. The molecule has 2 aliphatic rings. The van der Waals surface area contributed by atoms with Gasteiger partial charge in [-0.2, -0.15) is 0 Å². The van der Waals surface area contributed by atoms with Crippen molar-refractivity contribution in [1.29, 1.82) is 0 Å². The molecule has 1 heterocycles. The van der Waals surface area contributed by atoms with Gasteiger partial charge < -0.3 is 10.5 Å². The molecule has 0 unspecified atom stereocenters. The minimum Gasteiger partial charge on any atom is -0.487 e. The minimum atomic E-state index is 0.0160. The molecule has 0 aromatic heterocycles. The van der Waals surface area contributed by atoms with E-state index in [2.05, 4.69) is 41.9 Å². The van der Waals surface area contributed by atoms with E-state index in [0.717, 1.165) is 46.9 Å². The van der Waals surface area contributed by atoms with Crippen molar-refractivity contribution >= 4 is 15.9 Å². The van der Waals surface area contributed by atoms with E-state index in [1.807, 2.05) is 6.07 Å². The molecule has 1 atom stereocenters. The average molecular weight is 310 g/mol. The smallest absolute Gasteiger partial charge is 0.126 e. The number of fused-ring (bicyclic) bond motifs is 1. The van der Waals surface area contributed by atoms with Gasteiger partial charge in [-0.25, -0.2) is 0 Å². The van der Waals surface area contributed by atoms with E-state index in [1.54, 1.807) is 0 Å². The van der Waals surface area contributed by atoms with Crippen molar-refractivity contribution in [3.63, 3.8) is 0 Å². The molecular weight excluding hydrogens is 290 g/mol. The van der Waals surface area contributed by atoms with E-state index in [4.69, 9.17) is 10.5 Å². The van der Waals surface area contributed by atoms with E-state index < -0.39 is 0 Å². The van der Waals surface area contributed by atoms with Crippen LogP contribution in [0.5, 0.6) is 5.75 Å². The lowest BCUT2D eigenvalue weighted by molar-refractivity contribution is -0.0845. The van der Waals surface area contributed by atoms with Crippen LogP contribution >= 0.6 is 15.9 Å². The van der Waals surface area contributed by atoms with E-state index >= 15 is 0 Å². The zero-order valence-corrected chi connectivity index (χ0v) is 12.5. The van der Waals surface area contributed by atoms with Gasteiger partial charge in [0.1, 0.15) is 11.4 Å². The highest BCUT2D eigenvalue weighted by molar-refractivity contribution is 9.10. The number of halogens is 1. The summed E-state index contributed by atoms with van der Waals surface area (Å²) in [7, 11) is 0. The predicted molar refractivity (Wildman–Crippen MR) is 76.6 cm³/mol. The van der Waals surface area contributed by atoms with E-state index in [0.29, 0.717) is 0 Å². The van der Waals surface area contributed by atoms with Crippen molar-refractivity contribution in [3.8, 4) is 5.75 Å². The number of benzene rings is 1. The van der Waals surface area contributed by atoms with Gasteiger partial charge in [-0.3, -0.25) is 0 Å². The topological polar surface area (TPSA) is 35.2 Å². The highest BCUT2D eigenvalue weighted by Gasteiger charge is 2.50. The molecule has 3 heteroatoms. The molecule has 1 saturated carbocycles. The molecule has 1 aromatic rings. The Morgan fingerprint density at radius 1 is 1.33 bits per heavy atom. The summed E-state index contributed by atoms with van der Waals surface area (Å²) in [4.78, 5) is 0. The Balaban J connectivity index is 1.84. The Hall–Kier alpha value is -0.540. The van der Waals surface area contributed by atoms with Crippen LogP contribution in [0, 0.1) is 11.8 Å². The highest BCUT2D eigenvalue weighted by atomic mass is 79.9. The summed E-state index contributed by atoms with van der Waals surface area (Å²) in [5.41, 5.74) is 7.47. The second kappa shape index (κ2) is 4.24. The molecule has 0 saturated heterocycles. The lowest BCUT2D eigenvalue weighted by Crippen LogP contribution is -2.53. The first-order chi connectivity index (χ1) is 8.49. The van der Waals surface area contributed by atoms with Crippen LogP contribution in [0.1, 0.15) is 44.7 Å². The molecule has 0 amide bonds. The number of hydrogen-bond acceptors (Lipinski definition) is 2. The molecule has 98 valence electrons. The van der Waals surface area contributed by atoms with Crippen molar-refractivity contribution in [2.75, 3.05) is 0 Å². The Morgan fingerprint density at radius 3 is 2.72 bits per heavy atom. The third-order valence-electron chi connectivity index (χ3n) is 4.50. The van der Waals surface area contributed by atoms with Gasteiger partial charge in [0.2, 0.25) is 0 Å². The molecule has 2 nitrogen and oxygen atoms in total. The van der Waals surface area contributed by atoms with Crippen LogP contribution in [0.25, 0.3) is 0 Å². The maximum atomic E-state index is 6.31. The van der Waals surface area contributed by atoms with Crippen LogP contribution in [0.2, 0.25) is 0 Å². The van der Waals surface area contributed by atoms with Crippen LogP contribution in [-0.2, 0) is 0 Å². The fourth-order valence-electron chi connectivity index (χ4n) is 3.31. The second-order valence-corrected chi connectivity index (χ2v) is 7.11. The third kappa shape index (κ3) is 1.97. The Labute approximate surface area is 117 Å². The Morgan fingerprint density at radius 2 is 2.06 bits per heavy atom. The van der Waals surface area contributed by atoms with Gasteiger partial charge in [0.15, 0.2) is 0 Å². The normalized spacial score (nSPS) is 34.1. The number of nitrogens with two attached hydrogens (primary N) is 1. The molecule has 1 fully saturated rings. The quantitative estimate of drug-likeness (QED) is 0.850. The number of rotatable bonds is 1. The number of hydrogen-bond donors (Lipinski definition) is 1. The van der Waals surface area contributed by atoms with Crippen molar-refractivity contribution in [3.05, 3.63) is 28.2 Å². The van der Waals surface area contributed by atoms with Gasteiger partial charge in [-0.05, 0) is 36.8 Å². The summed E-state index contributed by atoms with van der Waals surface area (Å²) in [5, 5.41) is 0. The summed E-state index contributed by atoms with van der Waals surface area (Å²) in [6.07, 6.45) is 3.28. The van der Waals surface area contributed by atoms with E-state index in [1.165, 1.54) is 0 Å². The molecule has 0 bridgehead atoms. The number of ether oxygens (including phenoxy) is 1. The molecule has 2 N–H and O–H groups in total. The largest absolute Gasteiger partial charge is 0.487 e. The molecule has 1 aliphatic heterocycles. The van der Waals surface area contributed by atoms with Gasteiger partial charge >= 0.3 is 0 Å². The van der Waals surface area contributed by atoms with E-state index in [-0.39, 0.29) is 11.6 Å². The fourth-order valence-corrected chi connectivity index (χ4v) is 3.65. The van der Waals surface area contributed by atoms with Gasteiger partial charge in [0, 0.05) is 22.5 Å². The maximum Gasteiger partial charge on any atom is 0.126 e. The summed E-state index contributed by atoms with van der Waals surface area (Å²) >= 11 is 3.50. The highest BCUT2D eigenvalue weighted by Crippen LogP contribution is 2.52. The summed E-state index contributed by atoms with van der Waals surface area (Å²) in [5.74, 6) is 2.52. The van der Waals surface area contributed by atoms with Gasteiger partial charge in [-0.1, -0.05) is 35.8 Å². The SMILES string of the molecule is CC(C)C1CC2(C1)C[C@@H](N)c1ccc(Br)cc1O2. The van der Waals surface area contributed by atoms with Gasteiger partial charge in [0.25, 0.3) is 0 Å². The maximum absolute atomic E-state index is 6.31. The summed E-state index contributed by atoms with van der Waals surface area (Å²) in [6, 6.07) is 6.29. The average Bonchev–Trinajstić information content (AvgIpc) is 2.24. The predicted octanol–water partition coefficient (Wildman–Crippen LogP) is 4.04. The lowest BCUT2D eigenvalue weighted by Gasteiger charge is -2.52. The molecule has 1 aromatic carbocycles. The van der Waals surface area contributed by atoms with Crippen LogP contribution in [-0.4, -0.2) is 5.60 Å². The van der Waals surface area contributed by atoms with Crippen LogP contribution < -0.4 is 10.5 Å². The van der Waals surface area contributed by atoms with Crippen molar-refractivity contribution < 1.29 is 4.74 Å². The third-order valence-corrected chi connectivity index (χ3v) is 5.00. The van der Waals surface area contributed by atoms with Crippen molar-refractivity contribution in [1.82, 2.24) is 0 Å². The fraction of sp³-hybridized carbons (Fsp3) is 0.600. The van der Waals surface area contributed by atoms with Crippen LogP contribution in [0.3, 0.4) is 0 Å². The molecule has 1 aliphatic carbocycles. The lowest BCUT2D eigenvalue weighted by atomic mass is 9.62. The van der Waals surface area contributed by atoms with Crippen molar-refractivity contribution in [2.24, 2.45) is 17.6 Å². The zero-order chi connectivity index (χ0) is 12.9. The molecule has 18 heavy (non-hydrogen) atoms. The Bertz CT molecular complexity index is 466. The van der Waals surface area contributed by atoms with Crippen LogP contribution in [0.15, 0.2) is 22.7 Å². The van der Waals surface area contributed by atoms with E-state index in [9.17, 15) is 0 Å². The molecule has 0 radical (unpaired) electrons. The minimum absolute atomic E-state index is 0.0160. The first-order valence-corrected chi connectivity index (χ1v) is 7.52.